The van der Waals surface area contributed by atoms with Gasteiger partial charge in [0.25, 0.3) is 0 Å². The second-order valence-corrected chi connectivity index (χ2v) is 2.88. The second-order valence-electron chi connectivity index (χ2n) is 1.16. The van der Waals surface area contributed by atoms with Crippen LogP contribution in [0, 0.1) is 3.70 Å². The summed E-state index contributed by atoms with van der Waals surface area (Å²) in [6, 6.07) is 0. The lowest BCUT2D eigenvalue weighted by atomic mass is 10.9. The van der Waals surface area contributed by atoms with Gasteiger partial charge in [0, 0.05) is 0 Å². The lowest BCUT2D eigenvalue weighted by Crippen LogP contribution is -1.90. The fourth-order valence-electron chi connectivity index (χ4n) is 0.276. The van der Waals surface area contributed by atoms with Gasteiger partial charge in [0.05, 0.1) is 0 Å². The van der Waals surface area contributed by atoms with Crippen LogP contribution in [0.1, 0.15) is 0 Å². The maximum atomic E-state index is 5.51. The first-order chi connectivity index (χ1) is 4.20. The van der Waals surface area contributed by atoms with E-state index in [-0.39, 0.29) is 10.4 Å². The third-order valence-corrected chi connectivity index (χ3v) is 2.05. The van der Waals surface area contributed by atoms with Crippen LogP contribution in [0.4, 0.5) is 0 Å². The third kappa shape index (κ3) is 1.87. The Morgan fingerprint density at radius 1 is 1.22 bits per heavy atom. The smallest absolute Gasteiger partial charge is 0.202 e. The zero-order valence-electron chi connectivity index (χ0n) is 3.98. The van der Waals surface area contributed by atoms with Crippen LogP contribution in [0.3, 0.4) is 0 Å². The Hall–Kier alpha value is 0.320. The second kappa shape index (κ2) is 2.94. The van der Waals surface area contributed by atoms with Gasteiger partial charge in [-0.3, -0.25) is 0 Å². The highest BCUT2D eigenvalue weighted by molar-refractivity contribution is 14.1. The van der Waals surface area contributed by atoms with Crippen molar-refractivity contribution in [3.63, 3.8) is 0 Å². The number of rotatable bonds is 0. The molecule has 0 saturated heterocycles. The van der Waals surface area contributed by atoms with Crippen molar-refractivity contribution in [2.45, 2.75) is 0 Å². The summed E-state index contributed by atoms with van der Waals surface area (Å²) in [5.41, 5.74) is 0. The molecule has 0 fully saturated rings. The van der Waals surface area contributed by atoms with Gasteiger partial charge in [-0.2, -0.15) is 0 Å². The van der Waals surface area contributed by atoms with E-state index in [1.54, 1.807) is 0 Å². The van der Waals surface area contributed by atoms with Crippen LogP contribution >= 0.6 is 45.8 Å². The van der Waals surface area contributed by atoms with E-state index < -0.39 is 0 Å². The summed E-state index contributed by atoms with van der Waals surface area (Å²) in [6.45, 7) is 0. The zero-order chi connectivity index (χ0) is 6.85. The van der Waals surface area contributed by atoms with Crippen molar-refractivity contribution in [2.24, 2.45) is 0 Å². The highest BCUT2D eigenvalue weighted by atomic mass is 127. The fourth-order valence-corrected chi connectivity index (χ4v) is 0.788. The molecule has 6 heteroatoms. The number of hydrogen-bond acceptors (Lipinski definition) is 3. The summed E-state index contributed by atoms with van der Waals surface area (Å²) in [4.78, 5) is 3.62. The molecule has 3 nitrogen and oxygen atoms in total. The molecule has 0 aliphatic rings. The Kier molecular flexibility index (Phi) is 2.42. The Bertz CT molecular complexity index is 228. The standard InChI is InChI=1S/C3Cl2IN3/c4-1-2(6)8-9-3(5)7-1. The molecule has 0 radical (unpaired) electrons. The Balaban J connectivity index is 3.17. The molecule has 1 rings (SSSR count). The number of halogens is 3. The first-order valence-corrected chi connectivity index (χ1v) is 3.75. The molecule has 0 saturated carbocycles. The van der Waals surface area contributed by atoms with Crippen LogP contribution in [0.15, 0.2) is 0 Å². The fraction of sp³-hybridized carbons (Fsp3) is 0. The van der Waals surface area contributed by atoms with Crippen LogP contribution < -0.4 is 0 Å². The normalized spacial score (nSPS) is 9.67. The minimum atomic E-state index is 0.0698. The predicted molar refractivity (Wildman–Crippen MR) is 42.6 cm³/mol. The van der Waals surface area contributed by atoms with Crippen molar-refractivity contribution in [3.05, 3.63) is 14.1 Å². The van der Waals surface area contributed by atoms with Crippen molar-refractivity contribution in [3.8, 4) is 0 Å². The third-order valence-electron chi connectivity index (χ3n) is 0.581. The topological polar surface area (TPSA) is 38.7 Å². The van der Waals surface area contributed by atoms with Crippen molar-refractivity contribution < 1.29 is 0 Å². The molecule has 0 bridgehead atoms. The van der Waals surface area contributed by atoms with Gasteiger partial charge in [0.1, 0.15) is 0 Å². The molecule has 0 aromatic carbocycles. The maximum Gasteiger partial charge on any atom is 0.244 e. The molecule has 9 heavy (non-hydrogen) atoms. The average molecular weight is 276 g/mol. The lowest BCUT2D eigenvalue weighted by Gasteiger charge is -1.89. The van der Waals surface area contributed by atoms with Gasteiger partial charge in [-0.1, -0.05) is 11.6 Å². The Labute approximate surface area is 74.9 Å². The van der Waals surface area contributed by atoms with E-state index in [1.807, 2.05) is 22.6 Å². The molecule has 0 spiro atoms. The molecular formula is C3Cl2IN3. The number of aromatic nitrogens is 3. The number of nitrogens with zero attached hydrogens (tertiary/aromatic N) is 3. The van der Waals surface area contributed by atoms with E-state index in [4.69, 9.17) is 23.2 Å². The summed E-state index contributed by atoms with van der Waals surface area (Å²) in [6.07, 6.45) is 0. The summed E-state index contributed by atoms with van der Waals surface area (Å²) < 4.78 is 0.554. The first-order valence-electron chi connectivity index (χ1n) is 1.91. The quantitative estimate of drug-likeness (QED) is 0.678. The minimum Gasteiger partial charge on any atom is -0.202 e. The largest absolute Gasteiger partial charge is 0.244 e. The van der Waals surface area contributed by atoms with Crippen LogP contribution in [0.25, 0.3) is 0 Å². The summed E-state index contributed by atoms with van der Waals surface area (Å²) >= 11 is 12.8. The van der Waals surface area contributed by atoms with E-state index >= 15 is 0 Å². The van der Waals surface area contributed by atoms with E-state index in [0.717, 1.165) is 0 Å². The Morgan fingerprint density at radius 2 is 1.89 bits per heavy atom. The van der Waals surface area contributed by atoms with Crippen molar-refractivity contribution >= 4 is 45.8 Å². The highest BCUT2D eigenvalue weighted by Crippen LogP contribution is 2.12. The highest BCUT2D eigenvalue weighted by Gasteiger charge is 1.99. The molecule has 1 aromatic rings. The molecule has 0 N–H and O–H groups in total. The van der Waals surface area contributed by atoms with Gasteiger partial charge >= 0.3 is 0 Å². The van der Waals surface area contributed by atoms with E-state index in [2.05, 4.69) is 15.2 Å². The Morgan fingerprint density at radius 3 is 2.33 bits per heavy atom. The summed E-state index contributed by atoms with van der Waals surface area (Å²) in [5.74, 6) is 0. The minimum absolute atomic E-state index is 0.0698. The van der Waals surface area contributed by atoms with Gasteiger partial charge < -0.3 is 0 Å². The SMILES string of the molecule is Clc1nnc(I)c(Cl)n1. The molecule has 0 aliphatic heterocycles. The molecule has 0 unspecified atom stereocenters. The maximum absolute atomic E-state index is 5.51. The van der Waals surface area contributed by atoms with E-state index in [9.17, 15) is 0 Å². The summed E-state index contributed by atoms with van der Waals surface area (Å²) in [5, 5.41) is 7.40. The molecule has 48 valence electrons. The van der Waals surface area contributed by atoms with Gasteiger partial charge in [0.15, 0.2) is 8.85 Å². The average Bonchev–Trinajstić information content (AvgIpc) is 1.80. The van der Waals surface area contributed by atoms with Crippen molar-refractivity contribution in [1.29, 1.82) is 0 Å². The van der Waals surface area contributed by atoms with E-state index in [0.29, 0.717) is 3.70 Å². The summed E-state index contributed by atoms with van der Waals surface area (Å²) in [7, 11) is 0. The zero-order valence-corrected chi connectivity index (χ0v) is 7.64. The van der Waals surface area contributed by atoms with Gasteiger partial charge in [-0.15, -0.1) is 10.2 Å². The molecule has 0 aliphatic carbocycles. The van der Waals surface area contributed by atoms with E-state index in [1.165, 1.54) is 0 Å². The lowest BCUT2D eigenvalue weighted by molar-refractivity contribution is 0.944. The molecule has 0 amide bonds. The van der Waals surface area contributed by atoms with Gasteiger partial charge in [-0.25, -0.2) is 4.98 Å². The van der Waals surface area contributed by atoms with Crippen molar-refractivity contribution in [2.75, 3.05) is 0 Å². The molecule has 1 aromatic heterocycles. The number of hydrogen-bond donors (Lipinski definition) is 0. The van der Waals surface area contributed by atoms with Crippen LogP contribution in [-0.2, 0) is 0 Å². The van der Waals surface area contributed by atoms with Gasteiger partial charge in [-0.05, 0) is 34.2 Å². The van der Waals surface area contributed by atoms with Gasteiger partial charge in [0.2, 0.25) is 5.28 Å². The van der Waals surface area contributed by atoms with Crippen LogP contribution in [0.2, 0.25) is 10.4 Å². The first kappa shape index (κ1) is 7.43. The monoisotopic (exact) mass is 275 g/mol. The molecule has 0 atom stereocenters. The predicted octanol–water partition coefficient (Wildman–Crippen LogP) is 1.78. The molecule has 1 heterocycles. The van der Waals surface area contributed by atoms with Crippen LogP contribution in [-0.4, -0.2) is 15.2 Å². The van der Waals surface area contributed by atoms with Crippen LogP contribution in [0.5, 0.6) is 0 Å². The molecular weight excluding hydrogens is 276 g/mol. The van der Waals surface area contributed by atoms with Crippen molar-refractivity contribution in [1.82, 2.24) is 15.2 Å².